The number of nitrogen functional groups attached to an aromatic ring is 2. The monoisotopic (exact) mass is 292 g/mol. The van der Waals surface area contributed by atoms with Crippen molar-refractivity contribution in [2.24, 2.45) is 0 Å². The van der Waals surface area contributed by atoms with E-state index < -0.39 is 10.1 Å². The fourth-order valence-electron chi connectivity index (χ4n) is 2.05. The summed E-state index contributed by atoms with van der Waals surface area (Å²) in [6.07, 6.45) is 0.666. The zero-order valence-electron chi connectivity index (χ0n) is 11.0. The van der Waals surface area contributed by atoms with E-state index in [1.807, 2.05) is 6.92 Å². The van der Waals surface area contributed by atoms with Crippen LogP contribution in [-0.2, 0) is 16.5 Å². The van der Waals surface area contributed by atoms with Crippen LogP contribution >= 0.6 is 0 Å². The Balaban J connectivity index is 2.75. The Hall–Kier alpha value is -2.05. The molecule has 2 aromatic rings. The molecule has 0 bridgehead atoms. The molecular weight excluding hydrogens is 276 g/mol. The third-order valence-corrected chi connectivity index (χ3v) is 4.02. The summed E-state index contributed by atoms with van der Waals surface area (Å²) in [6.45, 7) is 1.92. The molecule has 0 aliphatic carbocycles. The number of nitrogens with two attached hydrogens (primary N) is 2. The van der Waals surface area contributed by atoms with Crippen LogP contribution < -0.4 is 11.5 Å². The first-order chi connectivity index (χ1) is 9.32. The van der Waals surface area contributed by atoms with Gasteiger partial charge in [0.25, 0.3) is 10.1 Å². The molecule has 0 atom stereocenters. The van der Waals surface area contributed by atoms with Gasteiger partial charge in [-0.05, 0) is 41.8 Å². The standard InChI is InChI=1S/C14H16N2O3S/c1-2-9-7-12(10-3-5-11(15)6-4-10)14(8-13(9)16)20(17,18)19/h3-8H,2,15-16H2,1H3,(H,17,18,19). The third-order valence-electron chi connectivity index (χ3n) is 3.12. The minimum absolute atomic E-state index is 0.197. The quantitative estimate of drug-likeness (QED) is 0.594. The van der Waals surface area contributed by atoms with Crippen LogP contribution in [0.5, 0.6) is 0 Å². The fraction of sp³-hybridized carbons (Fsp3) is 0.143. The number of aryl methyl sites for hydroxylation is 1. The van der Waals surface area contributed by atoms with Crippen molar-refractivity contribution in [3.05, 3.63) is 42.0 Å². The summed E-state index contributed by atoms with van der Waals surface area (Å²) >= 11 is 0. The Morgan fingerprint density at radius 2 is 1.70 bits per heavy atom. The summed E-state index contributed by atoms with van der Waals surface area (Å²) in [5.74, 6) is 0. The van der Waals surface area contributed by atoms with E-state index in [9.17, 15) is 13.0 Å². The molecule has 2 aromatic carbocycles. The molecule has 2 rings (SSSR count). The van der Waals surface area contributed by atoms with Crippen molar-refractivity contribution >= 4 is 21.5 Å². The highest BCUT2D eigenvalue weighted by Gasteiger charge is 2.18. The molecule has 0 amide bonds. The van der Waals surface area contributed by atoms with Crippen molar-refractivity contribution in [1.29, 1.82) is 0 Å². The first-order valence-electron chi connectivity index (χ1n) is 6.08. The third kappa shape index (κ3) is 2.76. The Kier molecular flexibility index (Phi) is 3.69. The number of hydrogen-bond acceptors (Lipinski definition) is 4. The summed E-state index contributed by atoms with van der Waals surface area (Å²) in [5.41, 5.74) is 14.2. The highest BCUT2D eigenvalue weighted by Crippen LogP contribution is 2.32. The lowest BCUT2D eigenvalue weighted by molar-refractivity contribution is 0.483. The first kappa shape index (κ1) is 14.4. The van der Waals surface area contributed by atoms with Crippen LogP contribution in [0, 0.1) is 0 Å². The number of hydrogen-bond donors (Lipinski definition) is 3. The second kappa shape index (κ2) is 5.15. The molecule has 0 aliphatic rings. The Morgan fingerprint density at radius 3 is 2.20 bits per heavy atom. The molecule has 0 aromatic heterocycles. The molecule has 0 radical (unpaired) electrons. The van der Waals surface area contributed by atoms with Crippen LogP contribution in [0.25, 0.3) is 11.1 Å². The van der Waals surface area contributed by atoms with Gasteiger partial charge in [0.05, 0.1) is 0 Å². The molecule has 0 heterocycles. The van der Waals surface area contributed by atoms with E-state index in [0.29, 0.717) is 28.9 Å². The maximum atomic E-state index is 11.5. The molecule has 5 N–H and O–H groups in total. The van der Waals surface area contributed by atoms with Gasteiger partial charge in [-0.1, -0.05) is 19.1 Å². The highest BCUT2D eigenvalue weighted by molar-refractivity contribution is 7.86. The van der Waals surface area contributed by atoms with Gasteiger partial charge in [-0.3, -0.25) is 4.55 Å². The lowest BCUT2D eigenvalue weighted by Gasteiger charge is -2.12. The molecule has 20 heavy (non-hydrogen) atoms. The normalized spacial score (nSPS) is 11.5. The van der Waals surface area contributed by atoms with Gasteiger partial charge in [-0.2, -0.15) is 8.42 Å². The SMILES string of the molecule is CCc1cc(-c2ccc(N)cc2)c(S(=O)(=O)O)cc1N. The van der Waals surface area contributed by atoms with Crippen molar-refractivity contribution in [3.63, 3.8) is 0 Å². The van der Waals surface area contributed by atoms with Gasteiger partial charge in [-0.25, -0.2) is 0 Å². The minimum atomic E-state index is -4.35. The van der Waals surface area contributed by atoms with Crippen LogP contribution in [0.1, 0.15) is 12.5 Å². The molecule has 106 valence electrons. The summed E-state index contributed by atoms with van der Waals surface area (Å²) in [5, 5.41) is 0. The number of rotatable bonds is 3. The van der Waals surface area contributed by atoms with Gasteiger partial charge < -0.3 is 11.5 Å². The maximum Gasteiger partial charge on any atom is 0.295 e. The van der Waals surface area contributed by atoms with E-state index in [-0.39, 0.29) is 4.90 Å². The lowest BCUT2D eigenvalue weighted by Crippen LogP contribution is -2.04. The van der Waals surface area contributed by atoms with Crippen LogP contribution in [0.15, 0.2) is 41.3 Å². The molecule has 6 heteroatoms. The minimum Gasteiger partial charge on any atom is -0.399 e. The largest absolute Gasteiger partial charge is 0.399 e. The molecule has 5 nitrogen and oxygen atoms in total. The lowest BCUT2D eigenvalue weighted by atomic mass is 10.0. The Bertz CT molecular complexity index is 738. The van der Waals surface area contributed by atoms with Gasteiger partial charge in [0.15, 0.2) is 0 Å². The fourth-order valence-corrected chi connectivity index (χ4v) is 2.78. The molecule has 0 aliphatic heterocycles. The number of benzene rings is 2. The summed E-state index contributed by atoms with van der Waals surface area (Å²) < 4.78 is 32.4. The predicted octanol–water partition coefficient (Wildman–Crippen LogP) is 2.33. The summed E-state index contributed by atoms with van der Waals surface area (Å²) in [4.78, 5) is -0.197. The predicted molar refractivity (Wildman–Crippen MR) is 79.9 cm³/mol. The second-order valence-electron chi connectivity index (χ2n) is 4.50. The van der Waals surface area contributed by atoms with Crippen molar-refractivity contribution in [3.8, 4) is 11.1 Å². The van der Waals surface area contributed by atoms with E-state index in [2.05, 4.69) is 0 Å². The second-order valence-corrected chi connectivity index (χ2v) is 5.89. The van der Waals surface area contributed by atoms with Crippen LogP contribution in [0.4, 0.5) is 11.4 Å². The maximum absolute atomic E-state index is 11.5. The molecule has 0 saturated carbocycles. The van der Waals surface area contributed by atoms with Crippen molar-refractivity contribution in [2.75, 3.05) is 11.5 Å². The van der Waals surface area contributed by atoms with E-state index >= 15 is 0 Å². The van der Waals surface area contributed by atoms with Crippen molar-refractivity contribution < 1.29 is 13.0 Å². The molecule has 0 spiro atoms. The van der Waals surface area contributed by atoms with E-state index in [1.165, 1.54) is 6.07 Å². The van der Waals surface area contributed by atoms with E-state index in [1.54, 1.807) is 30.3 Å². The van der Waals surface area contributed by atoms with Crippen molar-refractivity contribution in [2.45, 2.75) is 18.2 Å². The zero-order chi connectivity index (χ0) is 14.9. The molecular formula is C14H16N2O3S. The summed E-state index contributed by atoms with van der Waals surface area (Å²) in [7, 11) is -4.35. The summed E-state index contributed by atoms with van der Waals surface area (Å²) in [6, 6.07) is 9.73. The van der Waals surface area contributed by atoms with Gasteiger partial charge in [0.2, 0.25) is 0 Å². The molecule has 0 unspecified atom stereocenters. The average Bonchev–Trinajstić information content (AvgIpc) is 2.38. The van der Waals surface area contributed by atoms with Crippen LogP contribution in [0.3, 0.4) is 0 Å². The van der Waals surface area contributed by atoms with Gasteiger partial charge in [0, 0.05) is 16.9 Å². The molecule has 0 saturated heterocycles. The smallest absolute Gasteiger partial charge is 0.295 e. The van der Waals surface area contributed by atoms with Gasteiger partial charge >= 0.3 is 0 Å². The topological polar surface area (TPSA) is 106 Å². The molecule has 0 fully saturated rings. The van der Waals surface area contributed by atoms with E-state index in [4.69, 9.17) is 11.5 Å². The van der Waals surface area contributed by atoms with Gasteiger partial charge in [-0.15, -0.1) is 0 Å². The first-order valence-corrected chi connectivity index (χ1v) is 7.52. The van der Waals surface area contributed by atoms with E-state index in [0.717, 1.165) is 5.56 Å². The van der Waals surface area contributed by atoms with Crippen molar-refractivity contribution in [1.82, 2.24) is 0 Å². The highest BCUT2D eigenvalue weighted by atomic mass is 32.2. The number of anilines is 2. The van der Waals surface area contributed by atoms with Gasteiger partial charge in [0.1, 0.15) is 4.90 Å². The van der Waals surface area contributed by atoms with Crippen LogP contribution in [-0.4, -0.2) is 13.0 Å². The zero-order valence-corrected chi connectivity index (χ0v) is 11.8. The van der Waals surface area contributed by atoms with Crippen LogP contribution in [0.2, 0.25) is 0 Å². The average molecular weight is 292 g/mol. The Labute approximate surface area is 118 Å². The Morgan fingerprint density at radius 1 is 1.10 bits per heavy atom.